The quantitative estimate of drug-likeness (QED) is 0.539. The molecule has 0 amide bonds. The van der Waals surface area contributed by atoms with Crippen LogP contribution in [-0.2, 0) is 12.6 Å². The highest BCUT2D eigenvalue weighted by molar-refractivity contribution is 7.46. The average molecular weight is 256 g/mol. The predicted octanol–water partition coefficient (Wildman–Crippen LogP) is 2.21. The Morgan fingerprint density at radius 1 is 0.615 bits per heavy atom. The highest BCUT2D eigenvalue weighted by atomic mass is 31.2. The van der Waals surface area contributed by atoms with Crippen molar-refractivity contribution in [1.82, 2.24) is 0 Å². The summed E-state index contributed by atoms with van der Waals surface area (Å²) in [6.45, 7) is 12.9. The van der Waals surface area contributed by atoms with Crippen molar-refractivity contribution in [1.29, 1.82) is 0 Å². The highest BCUT2D eigenvalue weighted by Crippen LogP contribution is 2.41. The highest BCUT2D eigenvalue weighted by Gasteiger charge is 2.18. The fourth-order valence-corrected chi connectivity index (χ4v) is 6.66. The maximum absolute atomic E-state index is 5.70. The summed E-state index contributed by atoms with van der Waals surface area (Å²) in [6.07, 6.45) is 0. The molecule has 0 aliphatic carbocycles. The first-order valence-corrected chi connectivity index (χ1v) is 14.2. The number of hydrogen-bond acceptors (Lipinski definition) is 3. The van der Waals surface area contributed by atoms with Crippen molar-refractivity contribution < 1.29 is 12.6 Å². The summed E-state index contributed by atoms with van der Waals surface area (Å²) in [5.74, 6) is 0. The largest absolute Gasteiger partial charge is 0.360 e. The smallest absolute Gasteiger partial charge is 0.299 e. The van der Waals surface area contributed by atoms with E-state index in [2.05, 4.69) is 39.3 Å². The second-order valence-electron chi connectivity index (χ2n) is 3.69. The van der Waals surface area contributed by atoms with Gasteiger partial charge in [-0.15, -0.1) is 0 Å². The van der Waals surface area contributed by atoms with Crippen molar-refractivity contribution in [3.8, 4) is 0 Å². The first-order valence-electron chi connectivity index (χ1n) is 4.72. The molecule has 0 aliphatic heterocycles. The van der Waals surface area contributed by atoms with Crippen LogP contribution in [0.4, 0.5) is 0 Å². The molecule has 0 radical (unpaired) electrons. The van der Waals surface area contributed by atoms with E-state index in [0.29, 0.717) is 0 Å². The van der Waals surface area contributed by atoms with E-state index in [-0.39, 0.29) is 0 Å². The van der Waals surface area contributed by atoms with Gasteiger partial charge in [0.1, 0.15) is 0 Å². The van der Waals surface area contributed by atoms with E-state index >= 15 is 0 Å². The molecule has 0 bridgehead atoms. The Labute approximate surface area is 88.0 Å². The van der Waals surface area contributed by atoms with E-state index in [1.54, 1.807) is 0 Å². The van der Waals surface area contributed by atoms with E-state index in [1.165, 1.54) is 0 Å². The van der Waals surface area contributed by atoms with Crippen LogP contribution in [0.5, 0.6) is 0 Å². The summed E-state index contributed by atoms with van der Waals surface area (Å²) >= 11 is 0. The Bertz CT molecular complexity index is 111. The molecule has 3 nitrogen and oxygen atoms in total. The summed E-state index contributed by atoms with van der Waals surface area (Å²) < 4.78 is 17.1. The number of hydrogen-bond donors (Lipinski definition) is 0. The van der Waals surface area contributed by atoms with Crippen LogP contribution in [0.25, 0.3) is 0 Å². The van der Waals surface area contributed by atoms with Crippen molar-refractivity contribution in [2.45, 2.75) is 39.3 Å². The van der Waals surface area contributed by atoms with Crippen molar-refractivity contribution in [2.24, 2.45) is 0 Å². The Balaban J connectivity index is 3.87. The van der Waals surface area contributed by atoms with Gasteiger partial charge in [0, 0.05) is 0 Å². The van der Waals surface area contributed by atoms with E-state index < -0.39 is 35.7 Å². The molecular weight excluding hydrogens is 235 g/mol. The summed E-state index contributed by atoms with van der Waals surface area (Å²) in [7, 11) is -4.06. The molecule has 0 fully saturated rings. The molecule has 0 unspecified atom stereocenters. The van der Waals surface area contributed by atoms with Crippen molar-refractivity contribution in [3.63, 3.8) is 0 Å². The van der Waals surface area contributed by atoms with Crippen LogP contribution in [0.3, 0.4) is 0 Å². The molecule has 0 atom stereocenters. The van der Waals surface area contributed by atoms with Crippen LogP contribution in [0.15, 0.2) is 0 Å². The third kappa shape index (κ3) is 9.27. The molecule has 0 aromatic carbocycles. The Morgan fingerprint density at radius 3 is 1.00 bits per heavy atom. The molecule has 80 valence electrons. The van der Waals surface area contributed by atoms with Crippen LogP contribution in [0.2, 0.25) is 39.3 Å². The molecule has 0 saturated carbocycles. The third-order valence-electron chi connectivity index (χ3n) is 0.891. The van der Waals surface area contributed by atoms with Crippen molar-refractivity contribution >= 4 is 35.7 Å². The maximum Gasteiger partial charge on any atom is 0.299 e. The van der Waals surface area contributed by atoms with Gasteiger partial charge in [-0.25, -0.2) is 0 Å². The van der Waals surface area contributed by atoms with Crippen LogP contribution >= 0.6 is 8.60 Å². The zero-order valence-corrected chi connectivity index (χ0v) is 13.8. The van der Waals surface area contributed by atoms with Crippen LogP contribution < -0.4 is 0 Å². The molecule has 0 heterocycles. The average Bonchev–Trinajstić information content (AvgIpc) is 1.80. The van der Waals surface area contributed by atoms with Gasteiger partial charge in [-0.05, 0) is 39.3 Å². The fraction of sp³-hybridized carbons (Fsp3) is 1.00. The van der Waals surface area contributed by atoms with Gasteiger partial charge >= 0.3 is 0 Å². The lowest BCUT2D eigenvalue weighted by Crippen LogP contribution is -2.15. The minimum atomic E-state index is -1.02. The lowest BCUT2D eigenvalue weighted by atomic mass is 11.9. The van der Waals surface area contributed by atoms with Crippen LogP contribution in [0, 0.1) is 0 Å². The third-order valence-corrected chi connectivity index (χ3v) is 8.02. The molecule has 0 aromatic rings. The summed E-state index contributed by atoms with van der Waals surface area (Å²) in [6, 6.07) is 0. The van der Waals surface area contributed by atoms with Gasteiger partial charge in [-0.1, -0.05) is 0 Å². The Kier molecular flexibility index (Phi) is 7.82. The molecule has 0 saturated heterocycles. The topological polar surface area (TPSA) is 27.7 Å². The van der Waals surface area contributed by atoms with Gasteiger partial charge in [-0.3, -0.25) is 0 Å². The van der Waals surface area contributed by atoms with E-state index in [4.69, 9.17) is 12.6 Å². The zero-order valence-electron chi connectivity index (χ0n) is 9.40. The van der Waals surface area contributed by atoms with Crippen molar-refractivity contribution in [2.75, 3.05) is 0 Å². The van der Waals surface area contributed by atoms with Gasteiger partial charge < -0.3 is 12.6 Å². The second-order valence-corrected chi connectivity index (χ2v) is 13.0. The fourth-order valence-electron chi connectivity index (χ4n) is 0.591. The minimum Gasteiger partial charge on any atom is -0.360 e. The molecule has 0 rings (SSSR count). The number of rotatable bonds is 6. The second kappa shape index (κ2) is 7.28. The van der Waals surface area contributed by atoms with Gasteiger partial charge in [0.2, 0.25) is 0 Å². The van der Waals surface area contributed by atoms with Crippen LogP contribution in [0.1, 0.15) is 0 Å². The van der Waals surface area contributed by atoms with E-state index in [1.807, 2.05) is 0 Å². The first kappa shape index (κ1) is 14.0. The molecule has 0 N–H and O–H groups in total. The predicted molar refractivity (Wildman–Crippen MR) is 66.8 cm³/mol. The normalized spacial score (nSPS) is 12.5. The molecule has 0 aromatic heterocycles. The standard InChI is InChI=1S/C6H21O3PSi3/c1-11(2)7-10(8-12(3)4)9-13(5)6/h11-13H,1-6H3. The minimum absolute atomic E-state index is 0.994. The van der Waals surface area contributed by atoms with E-state index in [0.717, 1.165) is 0 Å². The van der Waals surface area contributed by atoms with Gasteiger partial charge in [0.15, 0.2) is 27.1 Å². The summed E-state index contributed by atoms with van der Waals surface area (Å²) in [5, 5.41) is 0. The molecular formula is C6H21O3PSi3. The summed E-state index contributed by atoms with van der Waals surface area (Å²) in [4.78, 5) is 0. The van der Waals surface area contributed by atoms with Gasteiger partial charge in [0.25, 0.3) is 8.60 Å². The van der Waals surface area contributed by atoms with Crippen molar-refractivity contribution in [3.05, 3.63) is 0 Å². The summed E-state index contributed by atoms with van der Waals surface area (Å²) in [5.41, 5.74) is 0. The Morgan fingerprint density at radius 2 is 0.846 bits per heavy atom. The molecule has 7 heteroatoms. The lowest BCUT2D eigenvalue weighted by Gasteiger charge is -2.22. The van der Waals surface area contributed by atoms with E-state index in [9.17, 15) is 0 Å². The maximum atomic E-state index is 5.70. The zero-order chi connectivity index (χ0) is 10.4. The SMILES string of the molecule is C[SiH](C)OP(O[SiH](C)C)O[SiH](C)C. The van der Waals surface area contributed by atoms with Gasteiger partial charge in [-0.2, -0.15) is 0 Å². The Hall–Kier alpha value is 0.961. The first-order chi connectivity index (χ1) is 5.91. The molecule has 0 spiro atoms. The monoisotopic (exact) mass is 256 g/mol. The molecule has 0 aliphatic rings. The molecule has 13 heavy (non-hydrogen) atoms. The van der Waals surface area contributed by atoms with Crippen LogP contribution in [-0.4, -0.2) is 27.1 Å². The lowest BCUT2D eigenvalue weighted by molar-refractivity contribution is 0.404. The van der Waals surface area contributed by atoms with Gasteiger partial charge in [0.05, 0.1) is 0 Å².